The van der Waals surface area contributed by atoms with Crippen LogP contribution in [0.2, 0.25) is 5.02 Å². The predicted octanol–water partition coefficient (Wildman–Crippen LogP) is 7.64. The van der Waals surface area contributed by atoms with E-state index in [1.165, 1.54) is 0 Å². The quantitative estimate of drug-likeness (QED) is 0.199. The number of carbonyl (C=O) groups excluding carboxylic acids is 2. The fourth-order valence-electron chi connectivity index (χ4n) is 6.86. The van der Waals surface area contributed by atoms with Gasteiger partial charge in [-0.2, -0.15) is 0 Å². The average Bonchev–Trinajstić information content (AvgIpc) is 3.92. The first-order chi connectivity index (χ1) is 24.3. The van der Waals surface area contributed by atoms with Gasteiger partial charge in [-0.3, -0.25) is 13.9 Å². The minimum atomic E-state index is -1.24. The van der Waals surface area contributed by atoms with Crippen LogP contribution in [0.15, 0.2) is 60.2 Å². The lowest BCUT2D eigenvalue weighted by Crippen LogP contribution is -2.61. The number of benzene rings is 3. The number of hydrogen-bond acceptors (Lipinski definition) is 6. The minimum Gasteiger partial charge on any atom is -0.496 e. The van der Waals surface area contributed by atoms with E-state index in [1.54, 1.807) is 32.8 Å². The maximum absolute atomic E-state index is 15.0. The third kappa shape index (κ3) is 8.09. The van der Waals surface area contributed by atoms with Gasteiger partial charge in [-0.25, -0.2) is 13.6 Å². The van der Waals surface area contributed by atoms with Crippen molar-refractivity contribution in [3.63, 3.8) is 0 Å². The van der Waals surface area contributed by atoms with Crippen LogP contribution in [0.3, 0.4) is 0 Å². The van der Waals surface area contributed by atoms with Crippen LogP contribution in [0.4, 0.5) is 13.6 Å². The minimum absolute atomic E-state index is 0.0393. The molecule has 1 saturated carbocycles. The number of ether oxygens (including phenoxy) is 3. The SMILES string of the molecule is COc1cccc(CN(C(=O)C2=C(c3ccc(CCOc4c(F)ccc(F)c4Cl)cc3)CC3CS(=O)CC2N3C(=O)OC(C)(C)C)C2CC2)c1C. The van der Waals surface area contributed by atoms with Gasteiger partial charge in [-0.05, 0) is 93.0 Å². The standard InChI is InChI=1S/C39H43ClF2N2O6S/c1-23-26(7-6-8-33(23)48-5)20-43(27-13-14-27)37(45)34-29(19-28-21-51(47)22-32(34)44(28)38(46)50-39(2,3)4)25-11-9-24(10-12-25)17-18-49-36-31(42)16-15-30(41)35(36)40/h6-12,15-16,27-28,32H,13-14,17-22H2,1-5H3. The van der Waals surface area contributed by atoms with Crippen molar-refractivity contribution < 1.29 is 36.8 Å². The lowest BCUT2D eigenvalue weighted by atomic mass is 9.84. The van der Waals surface area contributed by atoms with Gasteiger partial charge in [0.25, 0.3) is 5.91 Å². The van der Waals surface area contributed by atoms with Crippen molar-refractivity contribution in [2.75, 3.05) is 25.2 Å². The first-order valence-corrected chi connectivity index (χ1v) is 19.0. The highest BCUT2D eigenvalue weighted by molar-refractivity contribution is 7.85. The second-order valence-corrected chi connectivity index (χ2v) is 16.2. The normalized spacial score (nSPS) is 20.2. The number of halogens is 3. The maximum atomic E-state index is 15.0. The van der Waals surface area contributed by atoms with E-state index in [1.807, 2.05) is 54.3 Å². The Kier molecular flexibility index (Phi) is 10.8. The van der Waals surface area contributed by atoms with Crippen LogP contribution in [0.1, 0.15) is 62.3 Å². The van der Waals surface area contributed by atoms with Crippen molar-refractivity contribution in [1.82, 2.24) is 9.80 Å². The molecular weight excluding hydrogens is 698 g/mol. The molecule has 0 radical (unpaired) electrons. The summed E-state index contributed by atoms with van der Waals surface area (Å²) in [6.07, 6.45) is 1.94. The van der Waals surface area contributed by atoms with E-state index in [0.29, 0.717) is 25.0 Å². The van der Waals surface area contributed by atoms with E-state index in [4.69, 9.17) is 25.8 Å². The maximum Gasteiger partial charge on any atom is 0.411 e. The summed E-state index contributed by atoms with van der Waals surface area (Å²) in [6.45, 7) is 7.81. The zero-order valence-corrected chi connectivity index (χ0v) is 31.0. The second-order valence-electron chi connectivity index (χ2n) is 14.3. The van der Waals surface area contributed by atoms with Crippen molar-refractivity contribution >= 4 is 40.0 Å². The molecule has 8 nitrogen and oxygen atoms in total. The molecule has 2 bridgehead atoms. The molecule has 2 heterocycles. The number of hydrogen-bond donors (Lipinski definition) is 0. The summed E-state index contributed by atoms with van der Waals surface area (Å²) < 4.78 is 58.3. The van der Waals surface area contributed by atoms with Gasteiger partial charge in [0, 0.05) is 46.9 Å². The Morgan fingerprint density at radius 1 is 1.02 bits per heavy atom. The molecule has 0 N–H and O–H groups in total. The number of methoxy groups -OCH3 is 1. The summed E-state index contributed by atoms with van der Waals surface area (Å²) in [5.41, 5.74) is 4.14. The Morgan fingerprint density at radius 2 is 1.73 bits per heavy atom. The van der Waals surface area contributed by atoms with Gasteiger partial charge < -0.3 is 19.1 Å². The largest absolute Gasteiger partial charge is 0.496 e. The van der Waals surface area contributed by atoms with E-state index in [-0.39, 0.29) is 35.8 Å². The lowest BCUT2D eigenvalue weighted by molar-refractivity contribution is -0.129. The Morgan fingerprint density at radius 3 is 2.39 bits per heavy atom. The van der Waals surface area contributed by atoms with Crippen LogP contribution in [-0.2, 0) is 33.3 Å². The van der Waals surface area contributed by atoms with Gasteiger partial charge >= 0.3 is 6.09 Å². The van der Waals surface area contributed by atoms with Gasteiger partial charge in [-0.15, -0.1) is 0 Å². The molecule has 3 unspecified atom stereocenters. The molecule has 12 heteroatoms. The van der Waals surface area contributed by atoms with Crippen LogP contribution in [0.25, 0.3) is 5.57 Å². The molecule has 1 aliphatic carbocycles. The first-order valence-electron chi connectivity index (χ1n) is 17.1. The fraction of sp³-hybridized carbons (Fsp3) is 0.436. The smallest absolute Gasteiger partial charge is 0.411 e. The van der Waals surface area contributed by atoms with E-state index >= 15 is 0 Å². The molecule has 0 aromatic heterocycles. The molecule has 272 valence electrons. The number of carbonyl (C=O) groups is 2. The molecule has 3 aliphatic rings. The summed E-state index contributed by atoms with van der Waals surface area (Å²) >= 11 is 5.92. The first kappa shape index (κ1) is 36.8. The number of fused-ring (bicyclic) bond motifs is 2. The van der Waals surface area contributed by atoms with Crippen molar-refractivity contribution in [3.05, 3.63) is 99.1 Å². The topological polar surface area (TPSA) is 85.4 Å². The highest BCUT2D eigenvalue weighted by Gasteiger charge is 2.49. The van der Waals surface area contributed by atoms with Gasteiger partial charge in [0.05, 0.1) is 25.8 Å². The van der Waals surface area contributed by atoms with Crippen molar-refractivity contribution in [2.24, 2.45) is 0 Å². The Hall–Kier alpha value is -3.96. The number of nitrogens with zero attached hydrogens (tertiary/aromatic N) is 2. The lowest BCUT2D eigenvalue weighted by Gasteiger charge is -2.47. The third-order valence-electron chi connectivity index (χ3n) is 9.53. The van der Waals surface area contributed by atoms with Crippen LogP contribution in [0.5, 0.6) is 11.5 Å². The van der Waals surface area contributed by atoms with E-state index < -0.39 is 51.2 Å². The monoisotopic (exact) mass is 740 g/mol. The Labute approximate surface area is 305 Å². The van der Waals surface area contributed by atoms with Gasteiger partial charge in [-0.1, -0.05) is 48.0 Å². The highest BCUT2D eigenvalue weighted by Crippen LogP contribution is 2.42. The molecule has 2 aliphatic heterocycles. The van der Waals surface area contributed by atoms with Crippen LogP contribution < -0.4 is 9.47 Å². The molecule has 3 aromatic rings. The second kappa shape index (κ2) is 14.9. The third-order valence-corrected chi connectivity index (χ3v) is 11.3. The Bertz CT molecular complexity index is 1870. The van der Waals surface area contributed by atoms with Crippen LogP contribution >= 0.6 is 11.6 Å². The summed E-state index contributed by atoms with van der Waals surface area (Å²) in [4.78, 5) is 32.3. The van der Waals surface area contributed by atoms with Gasteiger partial charge in [0.1, 0.15) is 22.2 Å². The van der Waals surface area contributed by atoms with Crippen molar-refractivity contribution in [2.45, 2.75) is 83.6 Å². The highest BCUT2D eigenvalue weighted by atomic mass is 35.5. The van der Waals surface area contributed by atoms with Gasteiger partial charge in [0.2, 0.25) is 0 Å². The summed E-state index contributed by atoms with van der Waals surface area (Å²) in [5, 5.41) is -0.402. The zero-order valence-electron chi connectivity index (χ0n) is 29.5. The summed E-state index contributed by atoms with van der Waals surface area (Å²) in [6, 6.07) is 14.3. The molecule has 2 fully saturated rings. The van der Waals surface area contributed by atoms with E-state index in [0.717, 1.165) is 58.6 Å². The number of amides is 2. The molecule has 2 amide bonds. The molecule has 3 aromatic carbocycles. The molecular formula is C39H43ClF2N2O6S. The molecule has 1 saturated heterocycles. The molecule has 0 spiro atoms. The predicted molar refractivity (Wildman–Crippen MR) is 193 cm³/mol. The number of rotatable bonds is 10. The van der Waals surface area contributed by atoms with Crippen molar-refractivity contribution in [1.29, 1.82) is 0 Å². The Balaban J connectivity index is 1.35. The molecule has 3 atom stereocenters. The summed E-state index contributed by atoms with van der Waals surface area (Å²) in [7, 11) is 0.378. The van der Waals surface area contributed by atoms with Gasteiger partial charge in [0.15, 0.2) is 11.6 Å². The zero-order chi connectivity index (χ0) is 36.6. The van der Waals surface area contributed by atoms with Crippen LogP contribution in [-0.4, -0.2) is 75.0 Å². The summed E-state index contributed by atoms with van der Waals surface area (Å²) in [5.74, 6) is -0.863. The fourth-order valence-corrected chi connectivity index (χ4v) is 8.59. The molecule has 6 rings (SSSR count). The van der Waals surface area contributed by atoms with Crippen molar-refractivity contribution in [3.8, 4) is 11.5 Å². The van der Waals surface area contributed by atoms with E-state index in [9.17, 15) is 22.6 Å². The van der Waals surface area contributed by atoms with E-state index in [2.05, 4.69) is 0 Å². The molecule has 51 heavy (non-hydrogen) atoms. The van der Waals surface area contributed by atoms with Crippen LogP contribution in [0, 0.1) is 18.6 Å². The average molecular weight is 741 g/mol.